The second-order valence-electron chi connectivity index (χ2n) is 5.88. The Morgan fingerprint density at radius 3 is 1.95 bits per heavy atom. The van der Waals surface area contributed by atoms with Crippen LogP contribution in [0.3, 0.4) is 0 Å². The Balaban J connectivity index is 2.02. The molecule has 3 nitrogen and oxygen atoms in total. The maximum Gasteiger partial charge on any atom is 0.0537 e. The van der Waals surface area contributed by atoms with E-state index in [4.69, 9.17) is 0 Å². The monoisotopic (exact) mass is 271 g/mol. The van der Waals surface area contributed by atoms with Gasteiger partial charge >= 0.3 is 0 Å². The lowest BCUT2D eigenvalue weighted by atomic mass is 9.99. The van der Waals surface area contributed by atoms with Gasteiger partial charge in [-0.05, 0) is 30.9 Å². The Kier molecular flexibility index (Phi) is 4.61. The number of aryl methyl sites for hydroxylation is 1. The van der Waals surface area contributed by atoms with Crippen LogP contribution in [0.5, 0.6) is 0 Å². The van der Waals surface area contributed by atoms with E-state index in [9.17, 15) is 0 Å². The molecule has 108 valence electrons. The molecule has 2 aromatic rings. The van der Waals surface area contributed by atoms with Gasteiger partial charge in [-0.25, -0.2) is 0 Å². The van der Waals surface area contributed by atoms with Crippen LogP contribution in [0.4, 0.5) is 0 Å². The maximum atomic E-state index is 4.23. The van der Waals surface area contributed by atoms with Crippen molar-refractivity contribution in [1.29, 1.82) is 0 Å². The molecule has 1 aromatic heterocycles. The summed E-state index contributed by atoms with van der Waals surface area (Å²) in [6.07, 6.45) is 3.98. The number of aromatic nitrogens is 2. The van der Waals surface area contributed by atoms with E-state index in [0.29, 0.717) is 18.0 Å². The van der Waals surface area contributed by atoms with Crippen molar-refractivity contribution < 1.29 is 0 Å². The SMILES string of the molecule is CC(C)c1ccc(C(C)NC(C)c2cnn(C)c2)cc1. The van der Waals surface area contributed by atoms with Gasteiger partial charge in [-0.2, -0.15) is 5.10 Å². The second-order valence-corrected chi connectivity index (χ2v) is 5.88. The highest BCUT2D eigenvalue weighted by molar-refractivity contribution is 5.27. The molecule has 0 aliphatic rings. The number of rotatable bonds is 5. The molecule has 0 aliphatic heterocycles. The van der Waals surface area contributed by atoms with Crippen LogP contribution in [-0.2, 0) is 7.05 Å². The van der Waals surface area contributed by atoms with Gasteiger partial charge in [-0.15, -0.1) is 0 Å². The van der Waals surface area contributed by atoms with Crippen LogP contribution >= 0.6 is 0 Å². The van der Waals surface area contributed by atoms with Gasteiger partial charge in [-0.1, -0.05) is 38.1 Å². The fraction of sp³-hybridized carbons (Fsp3) is 0.471. The molecule has 2 unspecified atom stereocenters. The normalized spacial score (nSPS) is 14.5. The number of benzene rings is 1. The van der Waals surface area contributed by atoms with Gasteiger partial charge in [0, 0.05) is 30.9 Å². The van der Waals surface area contributed by atoms with Crippen molar-refractivity contribution in [2.75, 3.05) is 0 Å². The zero-order valence-electron chi connectivity index (χ0n) is 13.1. The first-order chi connectivity index (χ1) is 9.47. The van der Waals surface area contributed by atoms with Gasteiger partial charge in [0.15, 0.2) is 0 Å². The lowest BCUT2D eigenvalue weighted by Crippen LogP contribution is -2.22. The van der Waals surface area contributed by atoms with Gasteiger partial charge in [0.05, 0.1) is 6.20 Å². The molecule has 0 bridgehead atoms. The number of nitrogens with one attached hydrogen (secondary N) is 1. The summed E-state index contributed by atoms with van der Waals surface area (Å²) >= 11 is 0. The summed E-state index contributed by atoms with van der Waals surface area (Å²) in [4.78, 5) is 0. The van der Waals surface area contributed by atoms with Crippen molar-refractivity contribution in [2.24, 2.45) is 7.05 Å². The van der Waals surface area contributed by atoms with Crippen LogP contribution in [0.15, 0.2) is 36.7 Å². The summed E-state index contributed by atoms with van der Waals surface area (Å²) in [6, 6.07) is 9.53. The van der Waals surface area contributed by atoms with Crippen LogP contribution < -0.4 is 5.32 Å². The number of nitrogens with zero attached hydrogens (tertiary/aromatic N) is 2. The van der Waals surface area contributed by atoms with Crippen LogP contribution in [-0.4, -0.2) is 9.78 Å². The van der Waals surface area contributed by atoms with Crippen LogP contribution in [0, 0.1) is 0 Å². The van der Waals surface area contributed by atoms with E-state index in [1.807, 2.05) is 17.9 Å². The van der Waals surface area contributed by atoms with Gasteiger partial charge < -0.3 is 5.32 Å². The van der Waals surface area contributed by atoms with E-state index < -0.39 is 0 Å². The van der Waals surface area contributed by atoms with Gasteiger partial charge in [-0.3, -0.25) is 4.68 Å². The average Bonchev–Trinajstić information content (AvgIpc) is 2.85. The van der Waals surface area contributed by atoms with Crippen molar-refractivity contribution in [3.8, 4) is 0 Å². The summed E-state index contributed by atoms with van der Waals surface area (Å²) < 4.78 is 1.84. The predicted molar refractivity (Wildman–Crippen MR) is 83.7 cm³/mol. The molecule has 20 heavy (non-hydrogen) atoms. The number of hydrogen-bond acceptors (Lipinski definition) is 2. The Morgan fingerprint density at radius 1 is 0.900 bits per heavy atom. The third-order valence-electron chi connectivity index (χ3n) is 3.83. The molecule has 2 atom stereocenters. The summed E-state index contributed by atoms with van der Waals surface area (Å²) in [7, 11) is 1.95. The number of hydrogen-bond donors (Lipinski definition) is 1. The summed E-state index contributed by atoms with van der Waals surface area (Å²) in [5.41, 5.74) is 3.93. The fourth-order valence-electron chi connectivity index (χ4n) is 2.40. The minimum Gasteiger partial charge on any atom is -0.304 e. The lowest BCUT2D eigenvalue weighted by molar-refractivity contribution is 0.494. The third kappa shape index (κ3) is 3.48. The van der Waals surface area contributed by atoms with Crippen LogP contribution in [0.25, 0.3) is 0 Å². The largest absolute Gasteiger partial charge is 0.304 e. The van der Waals surface area contributed by atoms with Crippen molar-refractivity contribution >= 4 is 0 Å². The topological polar surface area (TPSA) is 29.9 Å². The van der Waals surface area contributed by atoms with Crippen molar-refractivity contribution in [2.45, 2.75) is 45.7 Å². The first-order valence-corrected chi connectivity index (χ1v) is 7.32. The first-order valence-electron chi connectivity index (χ1n) is 7.32. The molecule has 0 fully saturated rings. The highest BCUT2D eigenvalue weighted by Gasteiger charge is 2.12. The predicted octanol–water partition coefficient (Wildman–Crippen LogP) is 3.96. The minimum atomic E-state index is 0.295. The smallest absolute Gasteiger partial charge is 0.0537 e. The van der Waals surface area contributed by atoms with E-state index in [-0.39, 0.29) is 0 Å². The molecule has 0 radical (unpaired) electrons. The van der Waals surface area contributed by atoms with Crippen LogP contribution in [0.1, 0.15) is 62.4 Å². The standard InChI is InChI=1S/C17H25N3/c1-12(2)15-6-8-16(9-7-15)13(3)19-14(4)17-10-18-20(5)11-17/h6-14,19H,1-5H3. The second kappa shape index (κ2) is 6.23. The van der Waals surface area contributed by atoms with Crippen molar-refractivity contribution in [3.63, 3.8) is 0 Å². The van der Waals surface area contributed by atoms with E-state index in [1.165, 1.54) is 16.7 Å². The minimum absolute atomic E-state index is 0.295. The Hall–Kier alpha value is -1.61. The third-order valence-corrected chi connectivity index (χ3v) is 3.83. The molecular weight excluding hydrogens is 246 g/mol. The fourth-order valence-corrected chi connectivity index (χ4v) is 2.40. The Bertz CT molecular complexity index is 540. The molecular formula is C17H25N3. The molecule has 1 aromatic carbocycles. The van der Waals surface area contributed by atoms with E-state index in [0.717, 1.165) is 0 Å². The maximum absolute atomic E-state index is 4.23. The van der Waals surface area contributed by atoms with Crippen molar-refractivity contribution in [1.82, 2.24) is 15.1 Å². The Morgan fingerprint density at radius 2 is 1.45 bits per heavy atom. The van der Waals surface area contributed by atoms with Gasteiger partial charge in [0.1, 0.15) is 0 Å². The van der Waals surface area contributed by atoms with E-state index in [2.05, 4.69) is 68.6 Å². The summed E-state index contributed by atoms with van der Waals surface area (Å²) in [5, 5.41) is 7.85. The van der Waals surface area contributed by atoms with Crippen molar-refractivity contribution in [3.05, 3.63) is 53.3 Å². The molecule has 1 heterocycles. The molecule has 0 aliphatic carbocycles. The summed E-state index contributed by atoms with van der Waals surface area (Å²) in [6.45, 7) is 8.83. The molecule has 3 heteroatoms. The quantitative estimate of drug-likeness (QED) is 0.892. The van der Waals surface area contributed by atoms with Gasteiger partial charge in [0.25, 0.3) is 0 Å². The van der Waals surface area contributed by atoms with Gasteiger partial charge in [0.2, 0.25) is 0 Å². The molecule has 0 spiro atoms. The average molecular weight is 271 g/mol. The zero-order valence-corrected chi connectivity index (χ0v) is 13.1. The zero-order chi connectivity index (χ0) is 14.7. The Labute approximate surface area is 122 Å². The molecule has 1 N–H and O–H groups in total. The first kappa shape index (κ1) is 14.8. The highest BCUT2D eigenvalue weighted by atomic mass is 15.2. The van der Waals surface area contributed by atoms with Crippen LogP contribution in [0.2, 0.25) is 0 Å². The molecule has 0 saturated heterocycles. The molecule has 2 rings (SSSR count). The lowest BCUT2D eigenvalue weighted by Gasteiger charge is -2.20. The molecule has 0 saturated carbocycles. The van der Waals surface area contributed by atoms with E-state index >= 15 is 0 Å². The molecule has 0 amide bonds. The summed E-state index contributed by atoms with van der Waals surface area (Å²) in [5.74, 6) is 0.585. The highest BCUT2D eigenvalue weighted by Crippen LogP contribution is 2.21. The van der Waals surface area contributed by atoms with E-state index in [1.54, 1.807) is 0 Å².